The van der Waals surface area contributed by atoms with E-state index in [0.29, 0.717) is 22.6 Å². The molecule has 0 aliphatic heterocycles. The number of fused-ring (bicyclic) bond motifs is 1. The Balaban J connectivity index is 1.46. The van der Waals surface area contributed by atoms with Crippen molar-refractivity contribution in [1.82, 2.24) is 14.5 Å². The van der Waals surface area contributed by atoms with Gasteiger partial charge in [0.25, 0.3) is 0 Å². The van der Waals surface area contributed by atoms with Crippen LogP contribution in [0.4, 0.5) is 0 Å². The molecule has 0 radical (unpaired) electrons. The molecule has 0 bridgehead atoms. The van der Waals surface area contributed by atoms with Crippen LogP contribution >= 0.6 is 0 Å². The van der Waals surface area contributed by atoms with Gasteiger partial charge in [-0.15, -0.1) is 0 Å². The molecule has 2 aromatic heterocycles. The van der Waals surface area contributed by atoms with Gasteiger partial charge in [-0.2, -0.15) is 0 Å². The standard InChI is InChI=1S/C70H85N3O/c1-19-69(17,20-2)56-26-24-27-57(70(18,21-3)22-4)62(56)49-33-34-60(45(7)37-49)73-61-28-23-25-54(63(61)72-65(73)55-42-53(67(11,12)13)43-58(64(55)74)68(14,15)16)50-38-51(40-52(39-50)66(8,9)10)59-41-48(35-36-71-59)47-31-29-46(30-32-47)44(5)6/h23-44,74H,19-22H2,1-18H3/i7D3,44D. The van der Waals surface area contributed by atoms with Gasteiger partial charge >= 0.3 is 0 Å². The summed E-state index contributed by atoms with van der Waals surface area (Å²) in [4.78, 5) is 10.6. The lowest BCUT2D eigenvalue weighted by Gasteiger charge is -2.36. The number of hydrogen-bond acceptors (Lipinski definition) is 3. The lowest BCUT2D eigenvalue weighted by atomic mass is 9.68. The molecule has 0 spiro atoms. The number of para-hydroxylation sites is 1. The lowest BCUT2D eigenvalue weighted by molar-refractivity contribution is 0.426. The van der Waals surface area contributed by atoms with E-state index in [-0.39, 0.29) is 33.0 Å². The fourth-order valence-electron chi connectivity index (χ4n) is 10.7. The minimum Gasteiger partial charge on any atom is -0.507 e. The second-order valence-corrected chi connectivity index (χ2v) is 24.9. The van der Waals surface area contributed by atoms with Crippen molar-refractivity contribution >= 4 is 11.0 Å². The molecule has 0 fully saturated rings. The summed E-state index contributed by atoms with van der Waals surface area (Å²) in [7, 11) is 0. The Bertz CT molecular complexity index is 3470. The van der Waals surface area contributed by atoms with Crippen molar-refractivity contribution in [3.05, 3.63) is 166 Å². The van der Waals surface area contributed by atoms with Gasteiger partial charge < -0.3 is 5.11 Å². The number of phenolic OH excluding ortho intramolecular Hbond substituents is 1. The SMILES string of the molecule is [2H]C([2H])([2H])c1cc(-c2c(C(C)(CC)CC)cccc2C(C)(CC)CC)ccc1-n1c(-c2cc(C(C)(C)C)cc(C(C)(C)C)c2O)nc2c(-c3cc(-c4cc(-c5ccc(C([2H])(C)C)cc5)ccn4)cc(C(C)(C)C)c3)cccc21. The zero-order chi connectivity index (χ0) is 57.3. The number of aromatic hydroxyl groups is 1. The molecule has 4 nitrogen and oxygen atoms in total. The third-order valence-corrected chi connectivity index (χ3v) is 16.7. The highest BCUT2D eigenvalue weighted by molar-refractivity contribution is 5.97. The first kappa shape index (κ1) is 48.7. The highest BCUT2D eigenvalue weighted by atomic mass is 16.3. The van der Waals surface area contributed by atoms with E-state index in [1.807, 2.05) is 67.1 Å². The number of nitrogens with zero attached hydrogens (tertiary/aromatic N) is 3. The molecular formula is C70H85N3O. The van der Waals surface area contributed by atoms with Gasteiger partial charge in [0.1, 0.15) is 11.6 Å². The fraction of sp³-hybridized carbons (Fsp3) is 0.400. The number of imidazole rings is 1. The molecule has 386 valence electrons. The van der Waals surface area contributed by atoms with E-state index in [1.165, 1.54) is 11.1 Å². The van der Waals surface area contributed by atoms with Crippen molar-refractivity contribution in [3.63, 3.8) is 0 Å². The van der Waals surface area contributed by atoms with E-state index in [1.54, 1.807) is 0 Å². The highest BCUT2D eigenvalue weighted by Crippen LogP contribution is 2.48. The van der Waals surface area contributed by atoms with Gasteiger partial charge in [-0.05, 0) is 175 Å². The average molecular weight is 988 g/mol. The van der Waals surface area contributed by atoms with Gasteiger partial charge in [-0.1, -0.05) is 190 Å². The molecule has 0 saturated heterocycles. The van der Waals surface area contributed by atoms with Crippen molar-refractivity contribution < 1.29 is 10.6 Å². The Morgan fingerprint density at radius 1 is 0.554 bits per heavy atom. The van der Waals surface area contributed by atoms with Crippen LogP contribution in [-0.4, -0.2) is 19.6 Å². The average Bonchev–Trinajstić information content (AvgIpc) is 3.78. The summed E-state index contributed by atoms with van der Waals surface area (Å²) < 4.78 is 38.9. The number of aromatic nitrogens is 3. The number of benzene rings is 6. The van der Waals surface area contributed by atoms with Gasteiger partial charge in [0.15, 0.2) is 0 Å². The van der Waals surface area contributed by atoms with Crippen LogP contribution in [0.15, 0.2) is 128 Å². The van der Waals surface area contributed by atoms with Gasteiger partial charge in [0.2, 0.25) is 0 Å². The van der Waals surface area contributed by atoms with Crippen LogP contribution in [0.2, 0.25) is 0 Å². The van der Waals surface area contributed by atoms with Crippen LogP contribution in [0.5, 0.6) is 5.75 Å². The van der Waals surface area contributed by atoms with E-state index in [0.717, 1.165) is 98.1 Å². The molecule has 0 aliphatic rings. The van der Waals surface area contributed by atoms with E-state index >= 15 is 0 Å². The first-order valence-electron chi connectivity index (χ1n) is 29.2. The largest absolute Gasteiger partial charge is 0.507 e. The Kier molecular flexibility index (Phi) is 13.2. The second kappa shape index (κ2) is 20.1. The molecule has 2 heterocycles. The summed E-state index contributed by atoms with van der Waals surface area (Å²) in [5, 5.41) is 12.7. The van der Waals surface area contributed by atoms with Crippen LogP contribution in [0.1, 0.15) is 194 Å². The third-order valence-electron chi connectivity index (χ3n) is 16.7. The maximum Gasteiger partial charge on any atom is 0.149 e. The van der Waals surface area contributed by atoms with Crippen molar-refractivity contribution in [2.24, 2.45) is 0 Å². The van der Waals surface area contributed by atoms with Crippen molar-refractivity contribution in [2.75, 3.05) is 0 Å². The molecule has 0 atom stereocenters. The molecule has 4 heteroatoms. The number of aryl methyl sites for hydroxylation is 1. The molecule has 74 heavy (non-hydrogen) atoms. The van der Waals surface area contributed by atoms with Crippen LogP contribution in [0.3, 0.4) is 0 Å². The Morgan fingerprint density at radius 3 is 1.70 bits per heavy atom. The summed E-state index contributed by atoms with van der Waals surface area (Å²) in [6.45, 7) is 34.5. The predicted octanol–water partition coefficient (Wildman–Crippen LogP) is 19.9. The van der Waals surface area contributed by atoms with E-state index < -0.39 is 18.2 Å². The van der Waals surface area contributed by atoms with Gasteiger partial charge in [0, 0.05) is 28.4 Å². The summed E-state index contributed by atoms with van der Waals surface area (Å²) >= 11 is 0. The molecule has 0 saturated carbocycles. The summed E-state index contributed by atoms with van der Waals surface area (Å²) in [6, 6.07) is 42.2. The van der Waals surface area contributed by atoms with Gasteiger partial charge in [-0.3, -0.25) is 9.55 Å². The number of pyridine rings is 1. The van der Waals surface area contributed by atoms with Gasteiger partial charge in [-0.25, -0.2) is 4.98 Å². The van der Waals surface area contributed by atoms with Crippen LogP contribution in [0.25, 0.3) is 72.7 Å². The topological polar surface area (TPSA) is 50.9 Å². The zero-order valence-electron chi connectivity index (χ0n) is 51.7. The number of rotatable bonds is 13. The molecule has 8 rings (SSSR count). The smallest absolute Gasteiger partial charge is 0.149 e. The Morgan fingerprint density at radius 2 is 1.14 bits per heavy atom. The molecule has 0 unspecified atom stereocenters. The van der Waals surface area contributed by atoms with Crippen molar-refractivity contribution in [2.45, 2.75) is 183 Å². The highest BCUT2D eigenvalue weighted by Gasteiger charge is 2.34. The molecule has 0 aliphatic carbocycles. The normalized spacial score (nSPS) is 14.0. The maximum absolute atomic E-state index is 12.7. The van der Waals surface area contributed by atoms with Gasteiger partial charge in [0.05, 0.1) is 28.0 Å². The minimum absolute atomic E-state index is 0.122. The minimum atomic E-state index is -2.55. The molecule has 0 amide bonds. The molecule has 6 aromatic carbocycles. The lowest BCUT2D eigenvalue weighted by Crippen LogP contribution is -2.25. The van der Waals surface area contributed by atoms with Crippen molar-refractivity contribution in [3.8, 4) is 67.5 Å². The first-order chi connectivity index (χ1) is 36.3. The zero-order valence-corrected chi connectivity index (χ0v) is 47.7. The summed E-state index contributed by atoms with van der Waals surface area (Å²) in [5.74, 6) is -0.119. The number of hydrogen-bond donors (Lipinski definition) is 1. The maximum atomic E-state index is 12.7. The molecule has 8 aromatic rings. The molecule has 1 N–H and O–H groups in total. The Labute approximate surface area is 451 Å². The van der Waals surface area contributed by atoms with Crippen molar-refractivity contribution in [1.29, 1.82) is 0 Å². The van der Waals surface area contributed by atoms with Crippen LogP contribution in [-0.2, 0) is 27.1 Å². The predicted molar refractivity (Wildman–Crippen MR) is 319 cm³/mol. The third kappa shape index (κ3) is 10.2. The fourth-order valence-corrected chi connectivity index (χ4v) is 10.7. The Hall–Kier alpha value is -6.26. The molecular weight excluding hydrogens is 899 g/mol. The van der Waals surface area contributed by atoms with Crippen LogP contribution in [0, 0.1) is 6.85 Å². The monoisotopic (exact) mass is 988 g/mol. The second-order valence-electron chi connectivity index (χ2n) is 24.9. The van der Waals surface area contributed by atoms with E-state index in [2.05, 4.69) is 183 Å². The quantitative estimate of drug-likeness (QED) is 0.125. The van der Waals surface area contributed by atoms with E-state index in [4.69, 9.17) is 11.3 Å². The number of phenols is 1. The van der Waals surface area contributed by atoms with Crippen LogP contribution < -0.4 is 0 Å². The van der Waals surface area contributed by atoms with E-state index in [9.17, 15) is 9.22 Å². The summed E-state index contributed by atoms with van der Waals surface area (Å²) in [6.07, 6.45) is 5.60. The first-order valence-corrected chi connectivity index (χ1v) is 27.2. The summed E-state index contributed by atoms with van der Waals surface area (Å²) in [5.41, 5.74) is 15.4.